The van der Waals surface area contributed by atoms with E-state index in [9.17, 15) is 9.59 Å². The van der Waals surface area contributed by atoms with Crippen LogP contribution in [0.2, 0.25) is 0 Å². The van der Waals surface area contributed by atoms with Crippen LogP contribution >= 0.6 is 0 Å². The summed E-state index contributed by atoms with van der Waals surface area (Å²) in [6, 6.07) is 8.71. The minimum Gasteiger partial charge on any atom is -0.497 e. The maximum absolute atomic E-state index is 12.4. The molecule has 1 aromatic heterocycles. The largest absolute Gasteiger partial charge is 0.497 e. The van der Waals surface area contributed by atoms with Crippen molar-refractivity contribution in [1.29, 1.82) is 0 Å². The van der Waals surface area contributed by atoms with Gasteiger partial charge in [-0.1, -0.05) is 6.92 Å². The normalized spacial score (nSPS) is 10.3. The molecule has 0 fully saturated rings. The molecule has 0 aliphatic carbocycles. The zero-order valence-corrected chi connectivity index (χ0v) is 13.0. The van der Waals surface area contributed by atoms with Gasteiger partial charge in [-0.05, 0) is 36.8 Å². The Kier molecular flexibility index (Phi) is 4.99. The van der Waals surface area contributed by atoms with Crippen molar-refractivity contribution in [2.24, 2.45) is 0 Å². The molecule has 0 unspecified atom stereocenters. The third-order valence-corrected chi connectivity index (χ3v) is 3.46. The maximum Gasteiger partial charge on any atom is 0.261 e. The number of nitrogens with zero attached hydrogens (tertiary/aromatic N) is 1. The summed E-state index contributed by atoms with van der Waals surface area (Å²) in [5.74, 6) is 1.31. The average Bonchev–Trinajstić information content (AvgIpc) is 2.56. The van der Waals surface area contributed by atoms with Crippen LogP contribution in [-0.2, 0) is 6.54 Å². The van der Waals surface area contributed by atoms with Gasteiger partial charge >= 0.3 is 0 Å². The molecule has 0 radical (unpaired) electrons. The number of aromatic nitrogens is 1. The number of ether oxygens (including phenoxy) is 2. The van der Waals surface area contributed by atoms with Crippen LogP contribution < -0.4 is 15.0 Å². The van der Waals surface area contributed by atoms with E-state index in [1.807, 2.05) is 13.0 Å². The summed E-state index contributed by atoms with van der Waals surface area (Å²) in [7, 11) is 3.16. The first kappa shape index (κ1) is 15.8. The lowest BCUT2D eigenvalue weighted by Crippen LogP contribution is -2.25. The van der Waals surface area contributed by atoms with Gasteiger partial charge in [-0.2, -0.15) is 0 Å². The molecular weight excluding hydrogens is 282 g/mol. The van der Waals surface area contributed by atoms with Crippen LogP contribution in [0.3, 0.4) is 0 Å². The second kappa shape index (κ2) is 6.93. The van der Waals surface area contributed by atoms with Crippen LogP contribution in [-0.4, -0.2) is 25.1 Å². The number of methoxy groups -OCH3 is 2. The molecule has 5 heteroatoms. The van der Waals surface area contributed by atoms with Crippen molar-refractivity contribution in [2.75, 3.05) is 14.2 Å². The first-order chi connectivity index (χ1) is 10.7. The average molecular weight is 301 g/mol. The predicted octanol–water partition coefficient (Wildman–Crippen LogP) is 2.76. The molecule has 0 N–H and O–H groups in total. The molecule has 0 bridgehead atoms. The molecule has 0 atom stereocenters. The SMILES string of the molecule is CCCn1c(-c2cc(OC)ccc2OC)ccc(C=O)c1=O. The van der Waals surface area contributed by atoms with E-state index in [0.717, 1.165) is 12.0 Å². The number of carbonyl (C=O) groups excluding carboxylic acids is 1. The van der Waals surface area contributed by atoms with Crippen LogP contribution in [0.4, 0.5) is 0 Å². The summed E-state index contributed by atoms with van der Waals surface area (Å²) in [4.78, 5) is 23.4. The Labute approximate surface area is 129 Å². The third-order valence-electron chi connectivity index (χ3n) is 3.46. The lowest BCUT2D eigenvalue weighted by Gasteiger charge is -2.16. The number of aldehydes is 1. The minimum absolute atomic E-state index is 0.152. The Morgan fingerprint density at radius 1 is 1.14 bits per heavy atom. The van der Waals surface area contributed by atoms with Crippen LogP contribution in [0.15, 0.2) is 35.1 Å². The number of rotatable bonds is 6. The number of hydrogen-bond acceptors (Lipinski definition) is 4. The van der Waals surface area contributed by atoms with Gasteiger partial charge in [-0.25, -0.2) is 0 Å². The van der Waals surface area contributed by atoms with Crippen LogP contribution in [0.25, 0.3) is 11.3 Å². The topological polar surface area (TPSA) is 57.5 Å². The number of carbonyl (C=O) groups is 1. The van der Waals surface area contributed by atoms with Gasteiger partial charge in [0.1, 0.15) is 11.5 Å². The summed E-state index contributed by atoms with van der Waals surface area (Å²) in [5.41, 5.74) is 1.32. The molecule has 1 heterocycles. The Morgan fingerprint density at radius 3 is 2.50 bits per heavy atom. The third kappa shape index (κ3) is 2.88. The highest BCUT2D eigenvalue weighted by atomic mass is 16.5. The monoisotopic (exact) mass is 301 g/mol. The molecule has 116 valence electrons. The van der Waals surface area contributed by atoms with Gasteiger partial charge in [0.2, 0.25) is 0 Å². The van der Waals surface area contributed by atoms with E-state index >= 15 is 0 Å². The van der Waals surface area contributed by atoms with Crippen LogP contribution in [0.1, 0.15) is 23.7 Å². The van der Waals surface area contributed by atoms with E-state index in [0.29, 0.717) is 30.0 Å². The van der Waals surface area contributed by atoms with E-state index in [-0.39, 0.29) is 11.1 Å². The standard InChI is InChI=1S/C17H19NO4/c1-4-9-18-15(7-5-12(11-19)17(18)20)14-10-13(21-2)6-8-16(14)22-3/h5-8,10-11H,4,9H2,1-3H3. The van der Waals surface area contributed by atoms with E-state index in [1.165, 1.54) is 6.07 Å². The van der Waals surface area contributed by atoms with Crippen molar-refractivity contribution in [3.05, 3.63) is 46.2 Å². The minimum atomic E-state index is -0.292. The van der Waals surface area contributed by atoms with Crippen molar-refractivity contribution in [3.63, 3.8) is 0 Å². The summed E-state index contributed by atoms with van der Waals surface area (Å²) < 4.78 is 12.2. The summed E-state index contributed by atoms with van der Waals surface area (Å²) in [5, 5.41) is 0. The van der Waals surface area contributed by atoms with Gasteiger partial charge in [0.15, 0.2) is 6.29 Å². The zero-order chi connectivity index (χ0) is 16.1. The number of benzene rings is 1. The quantitative estimate of drug-likeness (QED) is 0.770. The second-order valence-corrected chi connectivity index (χ2v) is 4.81. The molecule has 2 rings (SSSR count). The molecule has 0 amide bonds. The van der Waals surface area contributed by atoms with Crippen molar-refractivity contribution >= 4 is 6.29 Å². The fourth-order valence-electron chi connectivity index (χ4n) is 2.38. The fourth-order valence-corrected chi connectivity index (χ4v) is 2.38. The summed E-state index contributed by atoms with van der Waals surface area (Å²) >= 11 is 0. The highest BCUT2D eigenvalue weighted by Gasteiger charge is 2.14. The van der Waals surface area contributed by atoms with Gasteiger partial charge in [0, 0.05) is 12.1 Å². The van der Waals surface area contributed by atoms with Crippen molar-refractivity contribution in [2.45, 2.75) is 19.9 Å². The highest BCUT2D eigenvalue weighted by Crippen LogP contribution is 2.33. The number of pyridine rings is 1. The fraction of sp³-hybridized carbons (Fsp3) is 0.294. The predicted molar refractivity (Wildman–Crippen MR) is 84.9 cm³/mol. The highest BCUT2D eigenvalue weighted by molar-refractivity contribution is 5.76. The smallest absolute Gasteiger partial charge is 0.261 e. The molecule has 0 saturated heterocycles. The van der Waals surface area contributed by atoms with E-state index in [1.54, 1.807) is 37.0 Å². The van der Waals surface area contributed by atoms with Crippen LogP contribution in [0.5, 0.6) is 11.5 Å². The molecule has 0 saturated carbocycles. The molecule has 0 spiro atoms. The first-order valence-corrected chi connectivity index (χ1v) is 7.07. The van der Waals surface area contributed by atoms with E-state index in [4.69, 9.17) is 9.47 Å². The molecule has 22 heavy (non-hydrogen) atoms. The Morgan fingerprint density at radius 2 is 1.91 bits per heavy atom. The van der Waals surface area contributed by atoms with Crippen molar-refractivity contribution in [3.8, 4) is 22.8 Å². The van der Waals surface area contributed by atoms with Gasteiger partial charge in [-0.3, -0.25) is 9.59 Å². The van der Waals surface area contributed by atoms with Crippen molar-refractivity contribution in [1.82, 2.24) is 4.57 Å². The maximum atomic E-state index is 12.4. The molecule has 5 nitrogen and oxygen atoms in total. The zero-order valence-electron chi connectivity index (χ0n) is 13.0. The summed E-state index contributed by atoms with van der Waals surface area (Å²) in [6.07, 6.45) is 1.36. The van der Waals surface area contributed by atoms with E-state index in [2.05, 4.69) is 0 Å². The first-order valence-electron chi connectivity index (χ1n) is 7.07. The molecule has 0 aliphatic rings. The molecule has 1 aromatic carbocycles. The summed E-state index contributed by atoms with van der Waals surface area (Å²) in [6.45, 7) is 2.50. The lowest BCUT2D eigenvalue weighted by molar-refractivity contribution is 0.112. The Bertz CT molecular complexity index is 734. The lowest BCUT2D eigenvalue weighted by atomic mass is 10.1. The molecule has 0 aliphatic heterocycles. The van der Waals surface area contributed by atoms with Gasteiger partial charge < -0.3 is 14.0 Å². The molecular formula is C17H19NO4. The Hall–Kier alpha value is -2.56. The van der Waals surface area contributed by atoms with Gasteiger partial charge in [-0.15, -0.1) is 0 Å². The van der Waals surface area contributed by atoms with Crippen LogP contribution in [0, 0.1) is 0 Å². The van der Waals surface area contributed by atoms with E-state index < -0.39 is 0 Å². The van der Waals surface area contributed by atoms with Gasteiger partial charge in [0.25, 0.3) is 5.56 Å². The second-order valence-electron chi connectivity index (χ2n) is 4.81. The molecule has 2 aromatic rings. The van der Waals surface area contributed by atoms with Gasteiger partial charge in [0.05, 0.1) is 25.5 Å². The Balaban J connectivity index is 2.73. The number of hydrogen-bond donors (Lipinski definition) is 0. The van der Waals surface area contributed by atoms with Crippen molar-refractivity contribution < 1.29 is 14.3 Å².